The highest BCUT2D eigenvalue weighted by atomic mass is 16.3. The van der Waals surface area contributed by atoms with Crippen molar-refractivity contribution in [2.45, 2.75) is 25.3 Å². The molecule has 1 aliphatic carbocycles. The number of nitrogens with one attached hydrogen (secondary N) is 1. The Kier molecular flexibility index (Phi) is 3.35. The van der Waals surface area contributed by atoms with Gasteiger partial charge >= 0.3 is 0 Å². The van der Waals surface area contributed by atoms with Crippen LogP contribution in [0.5, 0.6) is 5.75 Å². The molecule has 0 bridgehead atoms. The van der Waals surface area contributed by atoms with Crippen LogP contribution in [0.15, 0.2) is 48.8 Å². The first-order valence-electron chi connectivity index (χ1n) is 8.97. The van der Waals surface area contributed by atoms with Crippen molar-refractivity contribution in [2.75, 3.05) is 6.54 Å². The summed E-state index contributed by atoms with van der Waals surface area (Å²) in [5.41, 5.74) is 5.99. The van der Waals surface area contributed by atoms with E-state index in [1.165, 1.54) is 16.7 Å². The van der Waals surface area contributed by atoms with Gasteiger partial charge in [0.05, 0.1) is 23.4 Å². The van der Waals surface area contributed by atoms with Gasteiger partial charge in [0.25, 0.3) is 5.91 Å². The number of imidazole rings is 1. The van der Waals surface area contributed by atoms with Gasteiger partial charge in [-0.25, -0.2) is 4.98 Å². The summed E-state index contributed by atoms with van der Waals surface area (Å²) in [6.45, 7) is 0.738. The van der Waals surface area contributed by atoms with Gasteiger partial charge in [0.2, 0.25) is 0 Å². The number of amides is 1. The highest BCUT2D eigenvalue weighted by Gasteiger charge is 2.34. The molecule has 3 aromatic rings. The molecule has 1 atom stereocenters. The van der Waals surface area contributed by atoms with Crippen LogP contribution < -0.4 is 0 Å². The number of phenolic OH excluding ortho intramolecular Hbond substituents is 1. The Morgan fingerprint density at radius 2 is 2.15 bits per heavy atom. The highest BCUT2D eigenvalue weighted by Crippen LogP contribution is 2.38. The van der Waals surface area contributed by atoms with Gasteiger partial charge in [-0.15, -0.1) is 0 Å². The Balaban J connectivity index is 1.50. The van der Waals surface area contributed by atoms with Gasteiger partial charge in [-0.1, -0.05) is 12.1 Å². The molecule has 2 aromatic carbocycles. The number of aromatic nitrogens is 2. The van der Waals surface area contributed by atoms with E-state index in [-0.39, 0.29) is 11.9 Å². The summed E-state index contributed by atoms with van der Waals surface area (Å²) < 4.78 is 0. The standard InChI is InChI=1S/C21H19N3O2/c25-15-5-6-16-13(10-15)4-8-20-17(16)2-1-9-24(20)21(26)14-3-7-18-19(11-14)23-12-22-18/h2-3,5-7,10-12,20,25H,1,4,8-9H2,(H,22,23). The second-order valence-electron chi connectivity index (χ2n) is 6.98. The molecule has 1 aromatic heterocycles. The van der Waals surface area contributed by atoms with Crippen molar-refractivity contribution in [1.29, 1.82) is 0 Å². The Labute approximate surface area is 151 Å². The van der Waals surface area contributed by atoms with E-state index in [1.807, 2.05) is 35.2 Å². The molecule has 0 fully saturated rings. The number of phenols is 1. The normalized spacial score (nSPS) is 19.0. The smallest absolute Gasteiger partial charge is 0.254 e. The molecule has 1 aliphatic heterocycles. The lowest BCUT2D eigenvalue weighted by Crippen LogP contribution is -2.45. The lowest BCUT2D eigenvalue weighted by Gasteiger charge is -2.40. The maximum absolute atomic E-state index is 13.2. The van der Waals surface area contributed by atoms with Crippen molar-refractivity contribution >= 4 is 22.5 Å². The number of aryl methyl sites for hydroxylation is 1. The predicted octanol–water partition coefficient (Wildman–Crippen LogP) is 3.51. The number of aromatic amines is 1. The second-order valence-corrected chi connectivity index (χ2v) is 6.98. The second kappa shape index (κ2) is 5.73. The van der Waals surface area contributed by atoms with Gasteiger partial charge in [-0.05, 0) is 66.3 Å². The van der Waals surface area contributed by atoms with Crippen LogP contribution in [0.1, 0.15) is 34.3 Å². The SMILES string of the molecule is O=C(c1ccc2nc[nH]c2c1)N1CCC=C2c3ccc(O)cc3CCC21. The first kappa shape index (κ1) is 15.2. The minimum atomic E-state index is 0.0688. The first-order valence-corrected chi connectivity index (χ1v) is 8.97. The van der Waals surface area contributed by atoms with Crippen LogP contribution in [0.3, 0.4) is 0 Å². The molecule has 0 saturated heterocycles. The Hall–Kier alpha value is -3.08. The van der Waals surface area contributed by atoms with Crippen LogP contribution in [0.4, 0.5) is 0 Å². The molecule has 0 saturated carbocycles. The van der Waals surface area contributed by atoms with E-state index in [1.54, 1.807) is 12.4 Å². The van der Waals surface area contributed by atoms with Crippen molar-refractivity contribution in [2.24, 2.45) is 0 Å². The maximum Gasteiger partial charge on any atom is 0.254 e. The first-order chi connectivity index (χ1) is 12.7. The lowest BCUT2D eigenvalue weighted by atomic mass is 9.80. The fraction of sp³-hybridized carbons (Fsp3) is 0.238. The zero-order valence-corrected chi connectivity index (χ0v) is 14.3. The minimum absolute atomic E-state index is 0.0688. The molecular weight excluding hydrogens is 326 g/mol. The van der Waals surface area contributed by atoms with Gasteiger partial charge in [-0.2, -0.15) is 0 Å². The third-order valence-electron chi connectivity index (χ3n) is 5.48. The molecule has 5 nitrogen and oxygen atoms in total. The number of aromatic hydroxyl groups is 1. The van der Waals surface area contributed by atoms with Crippen molar-refractivity contribution in [3.05, 3.63) is 65.5 Å². The van der Waals surface area contributed by atoms with E-state index in [9.17, 15) is 9.90 Å². The summed E-state index contributed by atoms with van der Waals surface area (Å²) in [5, 5.41) is 9.75. The van der Waals surface area contributed by atoms with E-state index in [0.29, 0.717) is 11.3 Å². The zero-order chi connectivity index (χ0) is 17.7. The molecule has 1 unspecified atom stereocenters. The zero-order valence-electron chi connectivity index (χ0n) is 14.3. The van der Waals surface area contributed by atoms with E-state index >= 15 is 0 Å². The number of carbonyl (C=O) groups excluding carboxylic acids is 1. The summed E-state index contributed by atoms with van der Waals surface area (Å²) in [6.07, 6.45) is 6.51. The number of rotatable bonds is 1. The summed E-state index contributed by atoms with van der Waals surface area (Å²) in [5.74, 6) is 0.374. The highest BCUT2D eigenvalue weighted by molar-refractivity contribution is 5.99. The van der Waals surface area contributed by atoms with Crippen LogP contribution in [-0.2, 0) is 6.42 Å². The average Bonchev–Trinajstić information content (AvgIpc) is 3.14. The van der Waals surface area contributed by atoms with Gasteiger partial charge in [0, 0.05) is 12.1 Å². The van der Waals surface area contributed by atoms with E-state index in [4.69, 9.17) is 0 Å². The fourth-order valence-electron chi connectivity index (χ4n) is 4.26. The third-order valence-corrected chi connectivity index (χ3v) is 5.48. The largest absolute Gasteiger partial charge is 0.508 e. The molecule has 26 heavy (non-hydrogen) atoms. The molecule has 130 valence electrons. The van der Waals surface area contributed by atoms with Crippen molar-refractivity contribution in [1.82, 2.24) is 14.9 Å². The number of benzene rings is 2. The van der Waals surface area contributed by atoms with Crippen molar-refractivity contribution in [3.8, 4) is 5.75 Å². The molecule has 5 heteroatoms. The molecule has 1 amide bonds. The van der Waals surface area contributed by atoms with Crippen LogP contribution in [0, 0.1) is 0 Å². The van der Waals surface area contributed by atoms with Crippen LogP contribution in [0.25, 0.3) is 16.6 Å². The number of nitrogens with zero attached hydrogens (tertiary/aromatic N) is 2. The maximum atomic E-state index is 13.2. The molecule has 0 radical (unpaired) electrons. The van der Waals surface area contributed by atoms with Crippen LogP contribution >= 0.6 is 0 Å². The van der Waals surface area contributed by atoms with Crippen LogP contribution in [-0.4, -0.2) is 38.5 Å². The number of H-pyrrole nitrogens is 1. The summed E-state index contributed by atoms with van der Waals surface area (Å²) in [4.78, 5) is 22.5. The summed E-state index contributed by atoms with van der Waals surface area (Å²) in [7, 11) is 0. The molecule has 2 heterocycles. The topological polar surface area (TPSA) is 69.2 Å². The van der Waals surface area contributed by atoms with E-state index in [0.717, 1.165) is 36.8 Å². The minimum Gasteiger partial charge on any atom is -0.508 e. The fourth-order valence-corrected chi connectivity index (χ4v) is 4.26. The number of carbonyl (C=O) groups is 1. The monoisotopic (exact) mass is 345 g/mol. The molecule has 0 spiro atoms. The predicted molar refractivity (Wildman–Crippen MR) is 99.9 cm³/mol. The quantitative estimate of drug-likeness (QED) is 0.709. The third kappa shape index (κ3) is 2.31. The Bertz CT molecular complexity index is 1050. The van der Waals surface area contributed by atoms with Gasteiger partial charge < -0.3 is 15.0 Å². The molecular formula is C21H19N3O2. The van der Waals surface area contributed by atoms with Crippen molar-refractivity contribution in [3.63, 3.8) is 0 Å². The van der Waals surface area contributed by atoms with Crippen LogP contribution in [0.2, 0.25) is 0 Å². The van der Waals surface area contributed by atoms with E-state index < -0.39 is 0 Å². The summed E-state index contributed by atoms with van der Waals surface area (Å²) in [6, 6.07) is 11.3. The number of hydrogen-bond acceptors (Lipinski definition) is 3. The van der Waals surface area contributed by atoms with Gasteiger partial charge in [-0.3, -0.25) is 4.79 Å². The molecule has 2 aliphatic rings. The Morgan fingerprint density at radius 1 is 1.23 bits per heavy atom. The summed E-state index contributed by atoms with van der Waals surface area (Å²) >= 11 is 0. The molecule has 5 rings (SSSR count). The van der Waals surface area contributed by atoms with Gasteiger partial charge in [0.15, 0.2) is 0 Å². The number of fused-ring (bicyclic) bond motifs is 4. The lowest BCUT2D eigenvalue weighted by molar-refractivity contribution is 0.0706. The van der Waals surface area contributed by atoms with Gasteiger partial charge in [0.1, 0.15) is 5.75 Å². The number of hydrogen-bond donors (Lipinski definition) is 2. The average molecular weight is 345 g/mol. The Morgan fingerprint density at radius 3 is 3.08 bits per heavy atom. The molecule has 2 N–H and O–H groups in total. The van der Waals surface area contributed by atoms with Crippen molar-refractivity contribution < 1.29 is 9.90 Å². The van der Waals surface area contributed by atoms with E-state index in [2.05, 4.69) is 16.0 Å².